The molecule has 0 unspecified atom stereocenters. The van der Waals surface area contributed by atoms with Crippen LogP contribution < -0.4 is 0 Å². The molecule has 0 aliphatic rings. The summed E-state index contributed by atoms with van der Waals surface area (Å²) in [6, 6.07) is 15.6. The van der Waals surface area contributed by atoms with Crippen molar-refractivity contribution in [1.82, 2.24) is 25.1 Å². The molecule has 0 spiro atoms. The minimum atomic E-state index is -0.340. The lowest BCUT2D eigenvalue weighted by atomic mass is 10.2. The Hall–Kier alpha value is -3.35. The lowest BCUT2D eigenvalue weighted by molar-refractivity contribution is 0.430. The zero-order valence-corrected chi connectivity index (χ0v) is 12.7. The maximum absolute atomic E-state index is 13.4. The van der Waals surface area contributed by atoms with E-state index in [9.17, 15) is 4.39 Å². The number of hydrogen-bond acceptors (Lipinski definition) is 5. The number of nitrogens with zero attached hydrogens (tertiary/aromatic N) is 5. The summed E-state index contributed by atoms with van der Waals surface area (Å²) in [5, 5.41) is 12.1. The average Bonchev–Trinajstić information content (AvgIpc) is 3.22. The van der Waals surface area contributed by atoms with Crippen molar-refractivity contribution < 1.29 is 8.91 Å². The van der Waals surface area contributed by atoms with Crippen LogP contribution in [0.4, 0.5) is 4.39 Å². The van der Waals surface area contributed by atoms with Gasteiger partial charge in [-0.2, -0.15) is 4.98 Å². The molecular weight excluding hydrogens is 309 g/mol. The third kappa shape index (κ3) is 2.45. The van der Waals surface area contributed by atoms with Crippen LogP contribution in [0.15, 0.2) is 59.1 Å². The van der Waals surface area contributed by atoms with Gasteiger partial charge in [0.1, 0.15) is 5.82 Å². The number of aromatic nitrogens is 5. The third-order valence-corrected chi connectivity index (χ3v) is 3.61. The van der Waals surface area contributed by atoms with Crippen LogP contribution in [0.5, 0.6) is 0 Å². The van der Waals surface area contributed by atoms with E-state index in [0.29, 0.717) is 22.9 Å². The number of hydrogen-bond donors (Lipinski definition) is 0. The minimum absolute atomic E-state index is 0.272. The van der Waals surface area contributed by atoms with E-state index >= 15 is 0 Å². The van der Waals surface area contributed by atoms with Crippen LogP contribution in [0.2, 0.25) is 0 Å². The maximum Gasteiger partial charge on any atom is 0.280 e. The molecule has 0 saturated carbocycles. The Kier molecular flexibility index (Phi) is 3.38. The molecular formula is C17H12FN5O. The van der Waals surface area contributed by atoms with Crippen LogP contribution >= 0.6 is 0 Å². The molecule has 0 N–H and O–H groups in total. The predicted octanol–water partition coefficient (Wildman–Crippen LogP) is 3.43. The molecule has 2 aromatic carbocycles. The molecule has 0 amide bonds. The fourth-order valence-corrected chi connectivity index (χ4v) is 2.40. The number of rotatable bonds is 3. The second kappa shape index (κ2) is 5.69. The average molecular weight is 321 g/mol. The van der Waals surface area contributed by atoms with Gasteiger partial charge in [-0.25, -0.2) is 9.07 Å². The summed E-state index contributed by atoms with van der Waals surface area (Å²) in [5.41, 5.74) is 2.58. The molecule has 0 aliphatic heterocycles. The minimum Gasteiger partial charge on any atom is -0.332 e. The van der Waals surface area contributed by atoms with Gasteiger partial charge in [0.05, 0.1) is 11.4 Å². The van der Waals surface area contributed by atoms with E-state index in [1.54, 1.807) is 12.1 Å². The second-order valence-corrected chi connectivity index (χ2v) is 5.20. The van der Waals surface area contributed by atoms with Gasteiger partial charge < -0.3 is 4.52 Å². The molecule has 2 aromatic heterocycles. The van der Waals surface area contributed by atoms with E-state index in [2.05, 4.69) is 20.5 Å². The molecule has 0 radical (unpaired) electrons. The van der Waals surface area contributed by atoms with Crippen molar-refractivity contribution in [2.45, 2.75) is 6.92 Å². The summed E-state index contributed by atoms with van der Waals surface area (Å²) in [6.07, 6.45) is 0. The highest BCUT2D eigenvalue weighted by molar-refractivity contribution is 5.58. The topological polar surface area (TPSA) is 69.6 Å². The normalized spacial score (nSPS) is 10.9. The third-order valence-electron chi connectivity index (χ3n) is 3.61. The highest BCUT2D eigenvalue weighted by atomic mass is 19.1. The van der Waals surface area contributed by atoms with Gasteiger partial charge in [0, 0.05) is 5.56 Å². The van der Waals surface area contributed by atoms with Crippen LogP contribution in [0, 0.1) is 12.7 Å². The van der Waals surface area contributed by atoms with E-state index < -0.39 is 0 Å². The zero-order valence-electron chi connectivity index (χ0n) is 12.7. The van der Waals surface area contributed by atoms with E-state index in [4.69, 9.17) is 4.52 Å². The van der Waals surface area contributed by atoms with Crippen molar-refractivity contribution in [2.75, 3.05) is 0 Å². The highest BCUT2D eigenvalue weighted by Gasteiger charge is 2.19. The Morgan fingerprint density at radius 1 is 1.04 bits per heavy atom. The smallest absolute Gasteiger partial charge is 0.280 e. The molecule has 0 fully saturated rings. The first-order valence-corrected chi connectivity index (χ1v) is 7.30. The van der Waals surface area contributed by atoms with Gasteiger partial charge in [-0.15, -0.1) is 5.10 Å². The molecule has 118 valence electrons. The van der Waals surface area contributed by atoms with Gasteiger partial charge in [0.15, 0.2) is 5.69 Å². The van der Waals surface area contributed by atoms with Crippen LogP contribution in [0.1, 0.15) is 5.69 Å². The first-order valence-electron chi connectivity index (χ1n) is 7.30. The first kappa shape index (κ1) is 14.3. The van der Waals surface area contributed by atoms with Gasteiger partial charge in [-0.05, 0) is 25.1 Å². The summed E-state index contributed by atoms with van der Waals surface area (Å²) in [4.78, 5) is 4.37. The maximum atomic E-state index is 13.4. The standard InChI is InChI=1S/C17H12FN5O/c1-11-15(20-22-23(11)14-9-5-8-13(18)10-14)17-19-16(21-24-17)12-6-3-2-4-7-12/h2-10H,1H3. The molecule has 0 bridgehead atoms. The molecule has 24 heavy (non-hydrogen) atoms. The summed E-state index contributed by atoms with van der Waals surface area (Å²) < 4.78 is 20.2. The molecule has 4 aromatic rings. The van der Waals surface area contributed by atoms with E-state index in [0.717, 1.165) is 5.56 Å². The molecule has 4 rings (SSSR count). The lowest BCUT2D eigenvalue weighted by Gasteiger charge is -2.02. The Morgan fingerprint density at radius 3 is 2.67 bits per heavy atom. The molecule has 0 aliphatic carbocycles. The van der Waals surface area contributed by atoms with Crippen molar-refractivity contribution >= 4 is 0 Å². The SMILES string of the molecule is Cc1c(-c2nc(-c3ccccc3)no2)nnn1-c1cccc(F)c1. The quantitative estimate of drug-likeness (QED) is 0.578. The number of benzene rings is 2. The van der Waals surface area contributed by atoms with Crippen molar-refractivity contribution in [2.24, 2.45) is 0 Å². The molecule has 0 saturated heterocycles. The van der Waals surface area contributed by atoms with Crippen LogP contribution in [0.25, 0.3) is 28.7 Å². The van der Waals surface area contributed by atoms with Crippen LogP contribution in [0.3, 0.4) is 0 Å². The Labute approximate surface area is 136 Å². The fourth-order valence-electron chi connectivity index (χ4n) is 2.40. The van der Waals surface area contributed by atoms with Gasteiger partial charge in [0.2, 0.25) is 5.82 Å². The van der Waals surface area contributed by atoms with E-state index in [-0.39, 0.29) is 11.7 Å². The molecule has 2 heterocycles. The van der Waals surface area contributed by atoms with Crippen molar-refractivity contribution in [3.8, 4) is 28.7 Å². The van der Waals surface area contributed by atoms with Gasteiger partial charge in [0.25, 0.3) is 5.89 Å². The number of halogens is 1. The summed E-state index contributed by atoms with van der Waals surface area (Å²) in [5.74, 6) is 0.410. The zero-order chi connectivity index (χ0) is 16.5. The van der Waals surface area contributed by atoms with E-state index in [1.165, 1.54) is 16.8 Å². The Bertz CT molecular complexity index is 993. The second-order valence-electron chi connectivity index (χ2n) is 5.20. The molecule has 6 nitrogen and oxygen atoms in total. The van der Waals surface area contributed by atoms with Crippen molar-refractivity contribution in [3.05, 3.63) is 66.1 Å². The van der Waals surface area contributed by atoms with E-state index in [1.807, 2.05) is 37.3 Å². The summed E-state index contributed by atoms with van der Waals surface area (Å²) in [6.45, 7) is 1.81. The Morgan fingerprint density at radius 2 is 1.88 bits per heavy atom. The van der Waals surface area contributed by atoms with Gasteiger partial charge >= 0.3 is 0 Å². The van der Waals surface area contributed by atoms with Gasteiger partial charge in [-0.1, -0.05) is 46.8 Å². The monoisotopic (exact) mass is 321 g/mol. The lowest BCUT2D eigenvalue weighted by Crippen LogP contribution is -1.99. The summed E-state index contributed by atoms with van der Waals surface area (Å²) >= 11 is 0. The highest BCUT2D eigenvalue weighted by Crippen LogP contribution is 2.24. The van der Waals surface area contributed by atoms with Crippen LogP contribution in [-0.4, -0.2) is 25.1 Å². The van der Waals surface area contributed by atoms with Crippen molar-refractivity contribution in [3.63, 3.8) is 0 Å². The molecule has 0 atom stereocenters. The predicted molar refractivity (Wildman–Crippen MR) is 84.8 cm³/mol. The fraction of sp³-hybridized carbons (Fsp3) is 0.0588. The Balaban J connectivity index is 1.73. The first-order chi connectivity index (χ1) is 11.7. The van der Waals surface area contributed by atoms with Crippen molar-refractivity contribution in [1.29, 1.82) is 0 Å². The summed E-state index contributed by atoms with van der Waals surface area (Å²) in [7, 11) is 0. The largest absolute Gasteiger partial charge is 0.332 e. The van der Waals surface area contributed by atoms with Crippen LogP contribution in [-0.2, 0) is 0 Å². The van der Waals surface area contributed by atoms with Gasteiger partial charge in [-0.3, -0.25) is 0 Å². The molecule has 7 heteroatoms.